The fourth-order valence-corrected chi connectivity index (χ4v) is 1.03. The van der Waals surface area contributed by atoms with Crippen molar-refractivity contribution in [2.24, 2.45) is 7.05 Å². The van der Waals surface area contributed by atoms with Crippen LogP contribution in [0.25, 0.3) is 0 Å². The quantitative estimate of drug-likeness (QED) is 0.670. The van der Waals surface area contributed by atoms with Gasteiger partial charge in [-0.05, 0) is 0 Å². The van der Waals surface area contributed by atoms with E-state index < -0.39 is 12.6 Å². The zero-order valence-electron chi connectivity index (χ0n) is 8.02. The third kappa shape index (κ3) is 2.12. The molecular weight excluding hydrogens is 186 g/mol. The van der Waals surface area contributed by atoms with E-state index in [2.05, 4.69) is 0 Å². The second kappa shape index (κ2) is 3.95. The summed E-state index contributed by atoms with van der Waals surface area (Å²) in [6, 6.07) is 1.45. The number of hydrogen-bond acceptors (Lipinski definition) is 3. The molecule has 0 aliphatic carbocycles. The summed E-state index contributed by atoms with van der Waals surface area (Å²) in [7, 11) is 1.78. The van der Waals surface area contributed by atoms with Gasteiger partial charge < -0.3 is 14.9 Å². The van der Waals surface area contributed by atoms with Crippen molar-refractivity contribution >= 4 is 5.97 Å². The molecule has 5 heteroatoms. The fourth-order valence-electron chi connectivity index (χ4n) is 1.03. The second-order valence-corrected chi connectivity index (χ2v) is 2.91. The fraction of sp³-hybridized carbons (Fsp3) is 0.333. The molecule has 1 heterocycles. The summed E-state index contributed by atoms with van der Waals surface area (Å²) < 4.78 is 6.67. The molecular formula is C9H12NO4+. The largest absolute Gasteiger partial charge is 0.504 e. The molecule has 76 valence electrons. The zero-order valence-corrected chi connectivity index (χ0v) is 8.02. The number of rotatable bonds is 3. The van der Waals surface area contributed by atoms with Crippen LogP contribution in [-0.4, -0.2) is 22.8 Å². The lowest BCUT2D eigenvalue weighted by Gasteiger charge is -2.06. The van der Waals surface area contributed by atoms with Crippen molar-refractivity contribution in [3.8, 4) is 11.5 Å². The number of aliphatic carboxylic acids is 1. The zero-order chi connectivity index (χ0) is 10.7. The van der Waals surface area contributed by atoms with Gasteiger partial charge in [-0.1, -0.05) is 0 Å². The molecule has 0 amide bonds. The first-order valence-electron chi connectivity index (χ1n) is 4.05. The lowest BCUT2D eigenvalue weighted by Crippen LogP contribution is -2.31. The molecule has 0 atom stereocenters. The number of carbonyl (C=O) groups is 1. The smallest absolute Gasteiger partial charge is 0.341 e. The van der Waals surface area contributed by atoms with Gasteiger partial charge >= 0.3 is 5.97 Å². The van der Waals surface area contributed by atoms with E-state index in [1.165, 1.54) is 6.07 Å². The maximum Gasteiger partial charge on any atom is 0.341 e. The van der Waals surface area contributed by atoms with Crippen LogP contribution in [0.15, 0.2) is 12.3 Å². The van der Waals surface area contributed by atoms with E-state index in [4.69, 9.17) is 9.84 Å². The third-order valence-electron chi connectivity index (χ3n) is 1.89. The maximum atomic E-state index is 10.3. The standard InChI is InChI=1S/C9H11NO4/c1-6-9(14-5-8(12)13)7(11)3-4-10(6)2/h3-4H,5H2,1-2H3,(H,12,13)/p+1. The Kier molecular flexibility index (Phi) is 2.91. The topological polar surface area (TPSA) is 70.6 Å². The van der Waals surface area contributed by atoms with Gasteiger partial charge in [0.2, 0.25) is 11.4 Å². The van der Waals surface area contributed by atoms with Crippen molar-refractivity contribution in [1.29, 1.82) is 0 Å². The van der Waals surface area contributed by atoms with Crippen LogP contribution in [0.2, 0.25) is 0 Å². The number of pyridine rings is 1. The predicted molar refractivity (Wildman–Crippen MR) is 47.2 cm³/mol. The molecule has 0 aliphatic heterocycles. The molecule has 2 N–H and O–H groups in total. The summed E-state index contributed by atoms with van der Waals surface area (Å²) in [5, 5.41) is 17.8. The van der Waals surface area contributed by atoms with Crippen molar-refractivity contribution in [2.45, 2.75) is 6.92 Å². The monoisotopic (exact) mass is 198 g/mol. The van der Waals surface area contributed by atoms with E-state index in [0.29, 0.717) is 5.69 Å². The van der Waals surface area contributed by atoms with Crippen LogP contribution in [0.4, 0.5) is 0 Å². The number of aromatic hydroxyl groups is 1. The Labute approximate surface area is 81.2 Å². The van der Waals surface area contributed by atoms with E-state index in [1.807, 2.05) is 0 Å². The summed E-state index contributed by atoms with van der Waals surface area (Å²) in [6.07, 6.45) is 1.66. The average Bonchev–Trinajstić information content (AvgIpc) is 2.11. The lowest BCUT2D eigenvalue weighted by molar-refractivity contribution is -0.678. The molecule has 1 rings (SSSR count). The molecule has 14 heavy (non-hydrogen) atoms. The molecule has 0 unspecified atom stereocenters. The number of carboxylic acids is 1. The number of hydrogen-bond donors (Lipinski definition) is 2. The van der Waals surface area contributed by atoms with Gasteiger partial charge in [-0.3, -0.25) is 0 Å². The van der Waals surface area contributed by atoms with Gasteiger partial charge in [-0.2, -0.15) is 0 Å². The van der Waals surface area contributed by atoms with Crippen LogP contribution in [0.3, 0.4) is 0 Å². The van der Waals surface area contributed by atoms with Gasteiger partial charge in [0.15, 0.2) is 18.6 Å². The molecule has 0 aliphatic rings. The summed E-state index contributed by atoms with van der Waals surface area (Å²) in [5.41, 5.74) is 0.672. The Balaban J connectivity index is 2.95. The number of ether oxygens (including phenoxy) is 1. The van der Waals surface area contributed by atoms with Gasteiger partial charge in [0.25, 0.3) is 0 Å². The first kappa shape index (κ1) is 10.3. The first-order chi connectivity index (χ1) is 6.52. The van der Waals surface area contributed by atoms with Crippen molar-refractivity contribution in [3.05, 3.63) is 18.0 Å². The number of nitrogens with zero attached hydrogens (tertiary/aromatic N) is 1. The Morgan fingerprint density at radius 1 is 1.64 bits per heavy atom. The molecule has 1 aromatic rings. The number of carboxylic acid groups (broad SMARTS) is 1. The Bertz CT molecular complexity index is 362. The number of aryl methyl sites for hydroxylation is 1. The molecule has 5 nitrogen and oxygen atoms in total. The van der Waals surface area contributed by atoms with Gasteiger partial charge in [0.1, 0.15) is 7.05 Å². The van der Waals surface area contributed by atoms with Gasteiger partial charge in [0.05, 0.1) is 0 Å². The number of aromatic nitrogens is 1. The van der Waals surface area contributed by atoms with Crippen LogP contribution >= 0.6 is 0 Å². The van der Waals surface area contributed by atoms with Gasteiger partial charge in [-0.25, -0.2) is 9.36 Å². The summed E-state index contributed by atoms with van der Waals surface area (Å²) >= 11 is 0. The van der Waals surface area contributed by atoms with E-state index in [0.717, 1.165) is 0 Å². The SMILES string of the molecule is Cc1c(OCC(=O)O)c(O)cc[n+]1C. The van der Waals surface area contributed by atoms with Gasteiger partial charge in [-0.15, -0.1) is 0 Å². The van der Waals surface area contributed by atoms with E-state index in [9.17, 15) is 9.90 Å². The van der Waals surface area contributed by atoms with Gasteiger partial charge in [0, 0.05) is 13.0 Å². The highest BCUT2D eigenvalue weighted by atomic mass is 16.5. The summed E-state index contributed by atoms with van der Waals surface area (Å²) in [5.74, 6) is -0.922. The van der Waals surface area contributed by atoms with E-state index in [-0.39, 0.29) is 11.5 Å². The molecule has 0 radical (unpaired) electrons. The third-order valence-corrected chi connectivity index (χ3v) is 1.89. The van der Waals surface area contributed by atoms with Crippen molar-refractivity contribution in [2.75, 3.05) is 6.61 Å². The molecule has 1 aromatic heterocycles. The van der Waals surface area contributed by atoms with Crippen molar-refractivity contribution < 1.29 is 24.3 Å². The molecule has 0 bridgehead atoms. The lowest BCUT2D eigenvalue weighted by atomic mass is 10.3. The minimum Gasteiger partial charge on any atom is -0.504 e. The molecule has 0 aromatic carbocycles. The Morgan fingerprint density at radius 3 is 2.86 bits per heavy atom. The van der Waals surface area contributed by atoms with Crippen LogP contribution < -0.4 is 9.30 Å². The summed E-state index contributed by atoms with van der Waals surface area (Å²) in [4.78, 5) is 10.3. The highest BCUT2D eigenvalue weighted by Crippen LogP contribution is 2.26. The molecule has 0 saturated carbocycles. The average molecular weight is 198 g/mol. The highest BCUT2D eigenvalue weighted by molar-refractivity contribution is 5.68. The van der Waals surface area contributed by atoms with Crippen LogP contribution in [0.1, 0.15) is 5.69 Å². The molecule has 0 spiro atoms. The van der Waals surface area contributed by atoms with E-state index in [1.54, 1.807) is 24.7 Å². The molecule has 0 fully saturated rings. The van der Waals surface area contributed by atoms with E-state index >= 15 is 0 Å². The van der Waals surface area contributed by atoms with Crippen LogP contribution in [0, 0.1) is 6.92 Å². The minimum atomic E-state index is -1.07. The van der Waals surface area contributed by atoms with Crippen molar-refractivity contribution in [1.82, 2.24) is 0 Å². The Morgan fingerprint density at radius 2 is 2.29 bits per heavy atom. The van der Waals surface area contributed by atoms with Crippen LogP contribution in [0.5, 0.6) is 11.5 Å². The predicted octanol–water partition coefficient (Wildman–Crippen LogP) is -0.0115. The first-order valence-corrected chi connectivity index (χ1v) is 4.05. The Hall–Kier alpha value is -1.78. The second-order valence-electron chi connectivity index (χ2n) is 2.91. The summed E-state index contributed by atoms with van der Waals surface area (Å²) in [6.45, 7) is 1.27. The minimum absolute atomic E-state index is 0.0538. The van der Waals surface area contributed by atoms with Crippen molar-refractivity contribution in [3.63, 3.8) is 0 Å². The van der Waals surface area contributed by atoms with Crippen LogP contribution in [-0.2, 0) is 11.8 Å². The normalized spacial score (nSPS) is 9.86. The highest BCUT2D eigenvalue weighted by Gasteiger charge is 2.15. The maximum absolute atomic E-state index is 10.3. The molecule has 0 saturated heterocycles.